The first-order chi connectivity index (χ1) is 7.41. The molecule has 1 aromatic rings. The predicted molar refractivity (Wildman–Crippen MR) is 62.0 cm³/mol. The lowest BCUT2D eigenvalue weighted by Gasteiger charge is -2.18. The first kappa shape index (κ1) is 12.9. The van der Waals surface area contributed by atoms with Crippen LogP contribution in [0.25, 0.3) is 0 Å². The van der Waals surface area contributed by atoms with Gasteiger partial charge < -0.3 is 9.67 Å². The fourth-order valence-electron chi connectivity index (χ4n) is 1.28. The van der Waals surface area contributed by atoms with Crippen molar-refractivity contribution in [2.45, 2.75) is 12.3 Å². The highest BCUT2D eigenvalue weighted by Gasteiger charge is 2.29. The number of aromatic nitrogens is 1. The summed E-state index contributed by atoms with van der Waals surface area (Å²) in [6, 6.07) is 5.38. The van der Waals surface area contributed by atoms with Gasteiger partial charge in [0, 0.05) is 12.7 Å². The molecule has 0 aliphatic heterocycles. The van der Waals surface area contributed by atoms with E-state index in [2.05, 4.69) is 10.3 Å². The van der Waals surface area contributed by atoms with Crippen LogP contribution in [0.5, 0.6) is 0 Å². The minimum absolute atomic E-state index is 0.295. The summed E-state index contributed by atoms with van der Waals surface area (Å²) < 4.78 is 11.7. The molecule has 1 heterocycles. The molecule has 0 aliphatic rings. The van der Waals surface area contributed by atoms with E-state index in [-0.39, 0.29) is 0 Å². The molecule has 2 N–H and O–H groups in total. The number of nitrogens with one attached hydrogen (secondary N) is 1. The first-order valence-electron chi connectivity index (χ1n) is 4.82. The highest BCUT2D eigenvalue weighted by Crippen LogP contribution is 2.41. The number of carboxylic acids is 1. The van der Waals surface area contributed by atoms with Crippen LogP contribution >= 0.6 is 7.14 Å². The van der Waals surface area contributed by atoms with Gasteiger partial charge in [-0.1, -0.05) is 6.07 Å². The molecule has 16 heavy (non-hydrogen) atoms. The molecule has 1 unspecified atom stereocenters. The minimum atomic E-state index is -2.71. The van der Waals surface area contributed by atoms with Crippen molar-refractivity contribution in [3.8, 4) is 0 Å². The van der Waals surface area contributed by atoms with Crippen LogP contribution in [0.3, 0.4) is 0 Å². The second-order valence-corrected chi connectivity index (χ2v) is 7.26. The van der Waals surface area contributed by atoms with Crippen molar-refractivity contribution in [3.05, 3.63) is 30.1 Å². The second-order valence-electron chi connectivity index (χ2n) is 3.88. The van der Waals surface area contributed by atoms with Crippen LogP contribution in [0.1, 0.15) is 5.69 Å². The molecule has 0 amide bonds. The van der Waals surface area contributed by atoms with Crippen LogP contribution in [-0.4, -0.2) is 35.2 Å². The van der Waals surface area contributed by atoms with Crippen LogP contribution in [0.4, 0.5) is 0 Å². The van der Waals surface area contributed by atoms with E-state index in [0.717, 1.165) is 5.69 Å². The molecule has 0 aliphatic carbocycles. The fourth-order valence-corrected chi connectivity index (χ4v) is 2.34. The maximum absolute atomic E-state index is 11.7. The summed E-state index contributed by atoms with van der Waals surface area (Å²) in [7, 11) is -2.71. The van der Waals surface area contributed by atoms with Gasteiger partial charge in [-0.15, -0.1) is 0 Å². The zero-order valence-corrected chi connectivity index (χ0v) is 10.1. The van der Waals surface area contributed by atoms with E-state index in [4.69, 9.17) is 5.11 Å². The topological polar surface area (TPSA) is 79.3 Å². The number of carboxylic acid groups (broad SMARTS) is 1. The van der Waals surface area contributed by atoms with Crippen molar-refractivity contribution in [1.82, 2.24) is 10.3 Å². The number of hydrogen-bond donors (Lipinski definition) is 2. The normalized spacial score (nSPS) is 13.4. The Labute approximate surface area is 94.3 Å². The summed E-state index contributed by atoms with van der Waals surface area (Å²) in [5, 5.41) is 11.7. The fraction of sp³-hybridized carbons (Fsp3) is 0.400. The number of hydrogen-bond acceptors (Lipinski definition) is 4. The molecule has 0 bridgehead atoms. The van der Waals surface area contributed by atoms with Gasteiger partial charge in [-0.05, 0) is 25.5 Å². The van der Waals surface area contributed by atoms with Crippen LogP contribution in [-0.2, 0) is 15.9 Å². The SMILES string of the molecule is CP(C)(=O)C(NCc1ccccn1)C(=O)O. The molecule has 0 fully saturated rings. The number of nitrogens with zero attached hydrogens (tertiary/aromatic N) is 1. The lowest BCUT2D eigenvalue weighted by Crippen LogP contribution is -2.35. The summed E-state index contributed by atoms with van der Waals surface area (Å²) >= 11 is 0. The van der Waals surface area contributed by atoms with Gasteiger partial charge >= 0.3 is 5.97 Å². The molecule has 0 saturated carbocycles. The first-order valence-corrected chi connectivity index (χ1v) is 7.49. The van der Waals surface area contributed by atoms with Gasteiger partial charge in [0.2, 0.25) is 0 Å². The van der Waals surface area contributed by atoms with Gasteiger partial charge in [-0.3, -0.25) is 15.1 Å². The standard InChI is InChI=1S/C10H15N2O3P/c1-16(2,15)9(10(13)14)12-7-8-5-3-4-6-11-8/h3-6,9,12H,7H2,1-2H3,(H,13,14). The maximum atomic E-state index is 11.7. The van der Waals surface area contributed by atoms with Crippen LogP contribution in [0, 0.1) is 0 Å². The molecule has 1 aromatic heterocycles. The van der Waals surface area contributed by atoms with E-state index in [0.29, 0.717) is 6.54 Å². The lowest BCUT2D eigenvalue weighted by atomic mass is 10.3. The monoisotopic (exact) mass is 242 g/mol. The number of aliphatic carboxylic acids is 1. The molecular weight excluding hydrogens is 227 g/mol. The molecule has 0 aromatic carbocycles. The van der Waals surface area contributed by atoms with E-state index in [1.807, 2.05) is 6.07 Å². The van der Waals surface area contributed by atoms with Crippen molar-refractivity contribution in [1.29, 1.82) is 0 Å². The maximum Gasteiger partial charge on any atom is 0.328 e. The van der Waals surface area contributed by atoms with Crippen LogP contribution < -0.4 is 5.32 Å². The summed E-state index contributed by atoms with van der Waals surface area (Å²) in [4.78, 5) is 15.0. The Morgan fingerprint density at radius 3 is 2.69 bits per heavy atom. The summed E-state index contributed by atoms with van der Waals surface area (Å²) in [5.74, 6) is -2.11. The lowest BCUT2D eigenvalue weighted by molar-refractivity contribution is -0.137. The Hall–Kier alpha value is -1.19. The molecule has 6 heteroatoms. The highest BCUT2D eigenvalue weighted by atomic mass is 31.2. The zero-order valence-electron chi connectivity index (χ0n) is 9.25. The average Bonchev–Trinajstić information content (AvgIpc) is 2.17. The summed E-state index contributed by atoms with van der Waals surface area (Å²) in [5.41, 5.74) is 0.724. The van der Waals surface area contributed by atoms with Crippen molar-refractivity contribution >= 4 is 13.1 Å². The Morgan fingerprint density at radius 2 is 2.25 bits per heavy atom. The Balaban J connectivity index is 2.65. The molecule has 0 saturated heterocycles. The van der Waals surface area contributed by atoms with Gasteiger partial charge in [0.1, 0.15) is 7.14 Å². The summed E-state index contributed by atoms with van der Waals surface area (Å²) in [6.07, 6.45) is 1.63. The Kier molecular flexibility index (Phi) is 4.21. The van der Waals surface area contributed by atoms with Crippen LogP contribution in [0.2, 0.25) is 0 Å². The Bertz CT molecular complexity index is 402. The predicted octanol–water partition coefficient (Wildman–Crippen LogP) is 1.20. The summed E-state index contributed by atoms with van der Waals surface area (Å²) in [6.45, 7) is 3.21. The van der Waals surface area contributed by atoms with Gasteiger partial charge in [0.25, 0.3) is 0 Å². The highest BCUT2D eigenvalue weighted by molar-refractivity contribution is 7.64. The van der Waals surface area contributed by atoms with Crippen molar-refractivity contribution < 1.29 is 14.5 Å². The van der Waals surface area contributed by atoms with E-state index >= 15 is 0 Å². The van der Waals surface area contributed by atoms with E-state index < -0.39 is 18.9 Å². The average molecular weight is 242 g/mol. The molecule has 1 atom stereocenters. The molecule has 5 nitrogen and oxygen atoms in total. The molecule has 88 valence electrons. The van der Waals surface area contributed by atoms with Crippen LogP contribution in [0.15, 0.2) is 24.4 Å². The Morgan fingerprint density at radius 1 is 1.56 bits per heavy atom. The number of pyridine rings is 1. The van der Waals surface area contributed by atoms with Gasteiger partial charge in [-0.25, -0.2) is 0 Å². The number of rotatable bonds is 5. The van der Waals surface area contributed by atoms with Crippen molar-refractivity contribution in [2.75, 3.05) is 13.3 Å². The van der Waals surface area contributed by atoms with E-state index in [9.17, 15) is 9.36 Å². The molecular formula is C10H15N2O3P. The number of carbonyl (C=O) groups is 1. The van der Waals surface area contributed by atoms with Gasteiger partial charge in [0.05, 0.1) is 5.69 Å². The smallest absolute Gasteiger partial charge is 0.328 e. The largest absolute Gasteiger partial charge is 0.480 e. The van der Waals surface area contributed by atoms with Gasteiger partial charge in [0.15, 0.2) is 5.78 Å². The second kappa shape index (κ2) is 5.23. The third kappa shape index (κ3) is 3.76. The zero-order chi connectivity index (χ0) is 12.2. The van der Waals surface area contributed by atoms with Crippen molar-refractivity contribution in [2.24, 2.45) is 0 Å². The quantitative estimate of drug-likeness (QED) is 0.758. The third-order valence-corrected chi connectivity index (χ3v) is 3.71. The third-order valence-electron chi connectivity index (χ3n) is 2.06. The van der Waals surface area contributed by atoms with E-state index in [1.54, 1.807) is 18.3 Å². The molecule has 0 radical (unpaired) electrons. The molecule has 0 spiro atoms. The van der Waals surface area contributed by atoms with Crippen molar-refractivity contribution in [3.63, 3.8) is 0 Å². The minimum Gasteiger partial charge on any atom is -0.480 e. The van der Waals surface area contributed by atoms with Gasteiger partial charge in [-0.2, -0.15) is 0 Å². The van der Waals surface area contributed by atoms with E-state index in [1.165, 1.54) is 13.3 Å². The molecule has 1 rings (SSSR count).